The summed E-state index contributed by atoms with van der Waals surface area (Å²) >= 11 is 6.02. The van der Waals surface area contributed by atoms with Gasteiger partial charge >= 0.3 is 0 Å². The molecule has 0 bridgehead atoms. The number of amides is 1. The molecule has 0 spiro atoms. The number of carbonyl (C=O) groups excluding carboxylic acids is 1. The van der Waals surface area contributed by atoms with Crippen LogP contribution in [0.5, 0.6) is 0 Å². The van der Waals surface area contributed by atoms with Gasteiger partial charge in [-0.2, -0.15) is 0 Å². The minimum atomic E-state index is -0.0852. The fourth-order valence-electron chi connectivity index (χ4n) is 1.86. The summed E-state index contributed by atoms with van der Waals surface area (Å²) in [7, 11) is 0. The topological polar surface area (TPSA) is 72.7 Å². The third-order valence-electron chi connectivity index (χ3n) is 3.08. The van der Waals surface area contributed by atoms with Crippen LogP contribution in [0.3, 0.4) is 0 Å². The molecule has 1 N–H and O–H groups in total. The molecule has 2 aromatic heterocycles. The average Bonchev–Trinajstić information content (AvgIpc) is 2.86. The standard InChI is InChI=1S/C15H20ClN5O/c1-15(2,3)6-8-17-13(22)10-21-9-12(19-20-21)11-5-4-7-18-14(11)16/h4-5,7,9H,6,8,10H2,1-3H3,(H,17,22). The number of hydrogen-bond donors (Lipinski definition) is 1. The van der Waals surface area contributed by atoms with Crippen molar-refractivity contribution < 1.29 is 4.79 Å². The molecule has 0 unspecified atom stereocenters. The van der Waals surface area contributed by atoms with Gasteiger partial charge in [0.05, 0.1) is 6.20 Å². The van der Waals surface area contributed by atoms with E-state index < -0.39 is 0 Å². The normalized spacial score (nSPS) is 11.5. The smallest absolute Gasteiger partial charge is 0.241 e. The summed E-state index contributed by atoms with van der Waals surface area (Å²) in [4.78, 5) is 15.9. The molecule has 0 aliphatic rings. The molecule has 2 aromatic rings. The van der Waals surface area contributed by atoms with Gasteiger partial charge in [0.25, 0.3) is 0 Å². The van der Waals surface area contributed by atoms with Crippen molar-refractivity contribution in [1.29, 1.82) is 0 Å². The zero-order valence-corrected chi connectivity index (χ0v) is 13.8. The first-order valence-corrected chi connectivity index (χ1v) is 7.51. The summed E-state index contributed by atoms with van der Waals surface area (Å²) in [5.41, 5.74) is 1.49. The number of carbonyl (C=O) groups is 1. The van der Waals surface area contributed by atoms with Crippen LogP contribution in [0.1, 0.15) is 27.2 Å². The number of rotatable bonds is 5. The molecular formula is C15H20ClN5O. The average molecular weight is 322 g/mol. The predicted molar refractivity (Wildman–Crippen MR) is 85.3 cm³/mol. The van der Waals surface area contributed by atoms with Crippen molar-refractivity contribution in [2.75, 3.05) is 6.54 Å². The minimum Gasteiger partial charge on any atom is -0.354 e. The van der Waals surface area contributed by atoms with Crippen LogP contribution in [0.25, 0.3) is 11.3 Å². The van der Waals surface area contributed by atoms with Crippen molar-refractivity contribution in [2.24, 2.45) is 5.41 Å². The largest absolute Gasteiger partial charge is 0.354 e. The first-order chi connectivity index (χ1) is 10.3. The van der Waals surface area contributed by atoms with Crippen molar-refractivity contribution >= 4 is 17.5 Å². The van der Waals surface area contributed by atoms with Gasteiger partial charge in [-0.3, -0.25) is 4.79 Å². The molecule has 0 fully saturated rings. The SMILES string of the molecule is CC(C)(C)CCNC(=O)Cn1cc(-c2cccnc2Cl)nn1. The van der Waals surface area contributed by atoms with E-state index in [-0.39, 0.29) is 17.9 Å². The summed E-state index contributed by atoms with van der Waals surface area (Å²) in [6, 6.07) is 3.59. The summed E-state index contributed by atoms with van der Waals surface area (Å²) in [5.74, 6) is -0.0852. The van der Waals surface area contributed by atoms with Crippen LogP contribution in [0.15, 0.2) is 24.5 Å². The number of nitrogens with zero attached hydrogens (tertiary/aromatic N) is 4. The predicted octanol–water partition coefficient (Wildman–Crippen LogP) is 2.55. The van der Waals surface area contributed by atoms with Crippen LogP contribution >= 0.6 is 11.6 Å². The lowest BCUT2D eigenvalue weighted by molar-refractivity contribution is -0.121. The zero-order valence-electron chi connectivity index (χ0n) is 13.0. The minimum absolute atomic E-state index is 0.0852. The Bertz CT molecular complexity index is 647. The molecule has 22 heavy (non-hydrogen) atoms. The maximum atomic E-state index is 11.9. The Labute approximate surface area is 134 Å². The molecule has 0 aromatic carbocycles. The van der Waals surface area contributed by atoms with E-state index >= 15 is 0 Å². The van der Waals surface area contributed by atoms with Gasteiger partial charge in [0.2, 0.25) is 5.91 Å². The van der Waals surface area contributed by atoms with Gasteiger partial charge in [-0.15, -0.1) is 5.10 Å². The molecule has 0 atom stereocenters. The molecular weight excluding hydrogens is 302 g/mol. The van der Waals surface area contributed by atoms with Crippen LogP contribution in [-0.4, -0.2) is 32.4 Å². The summed E-state index contributed by atoms with van der Waals surface area (Å²) in [6.45, 7) is 7.20. The number of aromatic nitrogens is 4. The third-order valence-corrected chi connectivity index (χ3v) is 3.38. The van der Waals surface area contributed by atoms with Crippen molar-refractivity contribution in [3.05, 3.63) is 29.7 Å². The Hall–Kier alpha value is -1.95. The van der Waals surface area contributed by atoms with Crippen molar-refractivity contribution in [2.45, 2.75) is 33.7 Å². The fraction of sp³-hybridized carbons (Fsp3) is 0.467. The highest BCUT2D eigenvalue weighted by Gasteiger charge is 2.12. The lowest BCUT2D eigenvalue weighted by Crippen LogP contribution is -2.30. The van der Waals surface area contributed by atoms with Crippen LogP contribution in [0.4, 0.5) is 0 Å². The molecule has 2 rings (SSSR count). The quantitative estimate of drug-likeness (QED) is 0.859. The molecule has 0 saturated heterocycles. The maximum Gasteiger partial charge on any atom is 0.241 e. The second-order valence-corrected chi connectivity index (χ2v) is 6.66. The molecule has 1 amide bonds. The summed E-state index contributed by atoms with van der Waals surface area (Å²) < 4.78 is 1.49. The molecule has 0 saturated carbocycles. The van der Waals surface area contributed by atoms with Gasteiger partial charge in [-0.1, -0.05) is 37.6 Å². The molecule has 7 heteroatoms. The monoisotopic (exact) mass is 321 g/mol. The fourth-order valence-corrected chi connectivity index (χ4v) is 2.07. The molecule has 2 heterocycles. The highest BCUT2D eigenvalue weighted by atomic mass is 35.5. The lowest BCUT2D eigenvalue weighted by Gasteiger charge is -2.17. The van der Waals surface area contributed by atoms with E-state index in [4.69, 9.17) is 11.6 Å². The van der Waals surface area contributed by atoms with Crippen LogP contribution in [0.2, 0.25) is 5.15 Å². The van der Waals surface area contributed by atoms with E-state index in [2.05, 4.69) is 41.4 Å². The molecule has 0 aliphatic heterocycles. The van der Waals surface area contributed by atoms with Gasteiger partial charge < -0.3 is 5.32 Å². The lowest BCUT2D eigenvalue weighted by atomic mass is 9.92. The first kappa shape index (κ1) is 16.4. The van der Waals surface area contributed by atoms with E-state index in [1.165, 1.54) is 4.68 Å². The molecule has 0 radical (unpaired) electrons. The Balaban J connectivity index is 1.92. The highest BCUT2D eigenvalue weighted by molar-refractivity contribution is 6.31. The molecule has 0 aliphatic carbocycles. The number of nitrogens with one attached hydrogen (secondary N) is 1. The number of halogens is 1. The number of pyridine rings is 1. The van der Waals surface area contributed by atoms with Crippen LogP contribution in [-0.2, 0) is 11.3 Å². The van der Waals surface area contributed by atoms with Gasteiger partial charge in [0.1, 0.15) is 17.4 Å². The van der Waals surface area contributed by atoms with Crippen LogP contribution < -0.4 is 5.32 Å². The van der Waals surface area contributed by atoms with E-state index in [1.54, 1.807) is 18.5 Å². The third kappa shape index (κ3) is 4.80. The van der Waals surface area contributed by atoms with E-state index in [0.29, 0.717) is 23.0 Å². The molecule has 118 valence electrons. The van der Waals surface area contributed by atoms with Crippen LogP contribution in [0, 0.1) is 5.41 Å². The van der Waals surface area contributed by atoms with Gasteiger partial charge in [0.15, 0.2) is 0 Å². The van der Waals surface area contributed by atoms with Crippen molar-refractivity contribution in [1.82, 2.24) is 25.3 Å². The maximum absolute atomic E-state index is 11.9. The van der Waals surface area contributed by atoms with E-state index in [1.807, 2.05) is 6.07 Å². The Morgan fingerprint density at radius 2 is 2.18 bits per heavy atom. The van der Waals surface area contributed by atoms with Gasteiger partial charge in [-0.05, 0) is 24.0 Å². The number of hydrogen-bond acceptors (Lipinski definition) is 4. The molecule has 6 nitrogen and oxygen atoms in total. The van der Waals surface area contributed by atoms with Crippen molar-refractivity contribution in [3.8, 4) is 11.3 Å². The first-order valence-electron chi connectivity index (χ1n) is 7.13. The second-order valence-electron chi connectivity index (χ2n) is 6.30. The second kappa shape index (κ2) is 6.87. The van der Waals surface area contributed by atoms with E-state index in [9.17, 15) is 4.79 Å². The van der Waals surface area contributed by atoms with Gasteiger partial charge in [-0.25, -0.2) is 9.67 Å². The highest BCUT2D eigenvalue weighted by Crippen LogP contribution is 2.23. The zero-order chi connectivity index (χ0) is 16.2. The van der Waals surface area contributed by atoms with Gasteiger partial charge in [0, 0.05) is 18.3 Å². The Kier molecular flexibility index (Phi) is 5.13. The Morgan fingerprint density at radius 3 is 2.86 bits per heavy atom. The van der Waals surface area contributed by atoms with Crippen molar-refractivity contribution in [3.63, 3.8) is 0 Å². The summed E-state index contributed by atoms with van der Waals surface area (Å²) in [6.07, 6.45) is 4.22. The Morgan fingerprint density at radius 1 is 1.41 bits per heavy atom. The van der Waals surface area contributed by atoms with E-state index in [0.717, 1.165) is 6.42 Å². The summed E-state index contributed by atoms with van der Waals surface area (Å²) in [5, 5.41) is 11.2.